The average molecular weight is 332 g/mol. The van der Waals surface area contributed by atoms with Crippen molar-refractivity contribution in [3.8, 4) is 0 Å². The largest absolute Gasteiger partial charge is 0.384 e. The SMILES string of the molecule is CN(CCc1ccccc1)c1cccc(Br)c1C(=N)N. The Morgan fingerprint density at radius 2 is 1.85 bits per heavy atom. The monoisotopic (exact) mass is 331 g/mol. The van der Waals surface area contributed by atoms with Crippen LogP contribution in [0.25, 0.3) is 0 Å². The van der Waals surface area contributed by atoms with Crippen LogP contribution < -0.4 is 10.6 Å². The molecule has 3 nitrogen and oxygen atoms in total. The summed E-state index contributed by atoms with van der Waals surface area (Å²) in [7, 11) is 2.02. The summed E-state index contributed by atoms with van der Waals surface area (Å²) in [6, 6.07) is 16.2. The summed E-state index contributed by atoms with van der Waals surface area (Å²) in [5.74, 6) is 0.0824. The summed E-state index contributed by atoms with van der Waals surface area (Å²) >= 11 is 3.46. The number of hydrogen-bond donors (Lipinski definition) is 2. The number of benzene rings is 2. The standard InChI is InChI=1S/C16H18BrN3/c1-20(11-10-12-6-3-2-4-7-12)14-9-5-8-13(17)15(14)16(18)19/h2-9H,10-11H2,1H3,(H3,18,19). The molecule has 20 heavy (non-hydrogen) atoms. The Morgan fingerprint density at radius 3 is 2.50 bits per heavy atom. The molecule has 0 aliphatic carbocycles. The van der Waals surface area contributed by atoms with E-state index >= 15 is 0 Å². The Balaban J connectivity index is 2.15. The highest BCUT2D eigenvalue weighted by Gasteiger charge is 2.12. The number of nitrogens with one attached hydrogen (secondary N) is 1. The molecule has 0 aromatic heterocycles. The van der Waals surface area contributed by atoms with Crippen molar-refractivity contribution < 1.29 is 0 Å². The lowest BCUT2D eigenvalue weighted by molar-refractivity contribution is 0.875. The van der Waals surface area contributed by atoms with Crippen LogP contribution in [0.4, 0.5) is 5.69 Å². The van der Waals surface area contributed by atoms with Crippen molar-refractivity contribution in [2.75, 3.05) is 18.5 Å². The molecule has 0 atom stereocenters. The number of rotatable bonds is 5. The summed E-state index contributed by atoms with van der Waals surface area (Å²) in [6.07, 6.45) is 0.960. The van der Waals surface area contributed by atoms with Crippen LogP contribution in [0.2, 0.25) is 0 Å². The highest BCUT2D eigenvalue weighted by molar-refractivity contribution is 9.10. The van der Waals surface area contributed by atoms with Gasteiger partial charge < -0.3 is 10.6 Å². The molecule has 104 valence electrons. The summed E-state index contributed by atoms with van der Waals surface area (Å²) in [6.45, 7) is 0.876. The maximum atomic E-state index is 7.73. The van der Waals surface area contributed by atoms with Crippen molar-refractivity contribution in [1.29, 1.82) is 5.41 Å². The van der Waals surface area contributed by atoms with Gasteiger partial charge in [-0.1, -0.05) is 36.4 Å². The molecule has 2 aromatic rings. The van der Waals surface area contributed by atoms with Gasteiger partial charge in [-0.3, -0.25) is 5.41 Å². The van der Waals surface area contributed by atoms with Crippen molar-refractivity contribution in [2.45, 2.75) is 6.42 Å². The molecule has 0 bridgehead atoms. The zero-order valence-electron chi connectivity index (χ0n) is 11.4. The van der Waals surface area contributed by atoms with Gasteiger partial charge in [0.25, 0.3) is 0 Å². The number of anilines is 1. The third-order valence-corrected chi connectivity index (χ3v) is 3.91. The highest BCUT2D eigenvalue weighted by atomic mass is 79.9. The van der Waals surface area contributed by atoms with Crippen LogP contribution in [0.3, 0.4) is 0 Å². The molecule has 3 N–H and O–H groups in total. The van der Waals surface area contributed by atoms with Crippen LogP contribution in [0, 0.1) is 5.41 Å². The van der Waals surface area contributed by atoms with E-state index < -0.39 is 0 Å². The molecule has 0 unspecified atom stereocenters. The van der Waals surface area contributed by atoms with Crippen LogP contribution in [0.5, 0.6) is 0 Å². The predicted molar refractivity (Wildman–Crippen MR) is 88.6 cm³/mol. The molecule has 0 amide bonds. The van der Waals surface area contributed by atoms with E-state index in [0.717, 1.165) is 28.7 Å². The van der Waals surface area contributed by atoms with Gasteiger partial charge in [-0.25, -0.2) is 0 Å². The third kappa shape index (κ3) is 3.39. The molecule has 2 aromatic carbocycles. The summed E-state index contributed by atoms with van der Waals surface area (Å²) in [5, 5.41) is 7.73. The number of amidine groups is 1. The van der Waals surface area contributed by atoms with Crippen LogP contribution in [-0.2, 0) is 6.42 Å². The minimum atomic E-state index is 0.0824. The average Bonchev–Trinajstić information content (AvgIpc) is 2.45. The first-order valence-corrected chi connectivity index (χ1v) is 7.27. The second-order valence-electron chi connectivity index (χ2n) is 4.70. The van der Waals surface area contributed by atoms with Gasteiger partial charge in [-0.15, -0.1) is 0 Å². The van der Waals surface area contributed by atoms with Crippen molar-refractivity contribution in [3.63, 3.8) is 0 Å². The molecular formula is C16H18BrN3. The maximum Gasteiger partial charge on any atom is 0.126 e. The van der Waals surface area contributed by atoms with E-state index in [9.17, 15) is 0 Å². The fourth-order valence-corrected chi connectivity index (χ4v) is 2.73. The second-order valence-corrected chi connectivity index (χ2v) is 5.56. The molecule has 0 fully saturated rings. The number of nitrogen functional groups attached to an aromatic ring is 1. The van der Waals surface area contributed by atoms with E-state index in [0.29, 0.717) is 0 Å². The van der Waals surface area contributed by atoms with Crippen LogP contribution in [-0.4, -0.2) is 19.4 Å². The van der Waals surface area contributed by atoms with Crippen LogP contribution >= 0.6 is 15.9 Å². The molecule has 0 radical (unpaired) electrons. The summed E-state index contributed by atoms with van der Waals surface area (Å²) in [4.78, 5) is 2.13. The third-order valence-electron chi connectivity index (χ3n) is 3.25. The molecule has 4 heteroatoms. The van der Waals surface area contributed by atoms with Crippen molar-refractivity contribution in [2.24, 2.45) is 5.73 Å². The lowest BCUT2D eigenvalue weighted by Crippen LogP contribution is -2.24. The van der Waals surface area contributed by atoms with Gasteiger partial charge in [-0.05, 0) is 40.0 Å². The Labute approximate surface area is 128 Å². The van der Waals surface area contributed by atoms with E-state index in [1.807, 2.05) is 31.3 Å². The van der Waals surface area contributed by atoms with E-state index in [1.165, 1.54) is 5.56 Å². The Bertz CT molecular complexity index is 596. The number of halogens is 1. The fourth-order valence-electron chi connectivity index (χ4n) is 2.16. The van der Waals surface area contributed by atoms with Gasteiger partial charge in [0.05, 0.1) is 5.56 Å². The fraction of sp³-hybridized carbons (Fsp3) is 0.188. The van der Waals surface area contributed by atoms with Gasteiger partial charge in [0.2, 0.25) is 0 Å². The number of hydrogen-bond acceptors (Lipinski definition) is 2. The molecular weight excluding hydrogens is 314 g/mol. The number of nitrogens with zero attached hydrogens (tertiary/aromatic N) is 1. The molecule has 0 aliphatic heterocycles. The topological polar surface area (TPSA) is 53.1 Å². The van der Waals surface area contributed by atoms with Gasteiger partial charge in [0.15, 0.2) is 0 Å². The second kappa shape index (κ2) is 6.57. The minimum Gasteiger partial charge on any atom is -0.384 e. The van der Waals surface area contributed by atoms with E-state index in [-0.39, 0.29) is 5.84 Å². The molecule has 0 saturated carbocycles. The normalized spacial score (nSPS) is 10.3. The Kier molecular flexibility index (Phi) is 4.79. The summed E-state index contributed by atoms with van der Waals surface area (Å²) in [5.41, 5.74) is 8.72. The van der Waals surface area contributed by atoms with Crippen LogP contribution in [0.15, 0.2) is 53.0 Å². The lowest BCUT2D eigenvalue weighted by atomic mass is 10.1. The first-order chi connectivity index (χ1) is 9.59. The van der Waals surface area contributed by atoms with Crippen LogP contribution in [0.1, 0.15) is 11.1 Å². The maximum absolute atomic E-state index is 7.73. The zero-order valence-corrected chi connectivity index (χ0v) is 13.0. The molecule has 0 aliphatic rings. The van der Waals surface area contributed by atoms with Crippen molar-refractivity contribution >= 4 is 27.5 Å². The van der Waals surface area contributed by atoms with Crippen molar-refractivity contribution in [1.82, 2.24) is 0 Å². The Hall–Kier alpha value is -1.81. The first kappa shape index (κ1) is 14.6. The van der Waals surface area contributed by atoms with Gasteiger partial charge in [0, 0.05) is 23.8 Å². The Morgan fingerprint density at radius 1 is 1.15 bits per heavy atom. The predicted octanol–water partition coefficient (Wildman–Crippen LogP) is 3.41. The lowest BCUT2D eigenvalue weighted by Gasteiger charge is -2.23. The first-order valence-electron chi connectivity index (χ1n) is 6.47. The van der Waals surface area contributed by atoms with Gasteiger partial charge >= 0.3 is 0 Å². The molecule has 0 heterocycles. The zero-order chi connectivity index (χ0) is 14.5. The van der Waals surface area contributed by atoms with E-state index in [4.69, 9.17) is 11.1 Å². The van der Waals surface area contributed by atoms with Gasteiger partial charge in [-0.2, -0.15) is 0 Å². The molecule has 2 rings (SSSR count). The highest BCUT2D eigenvalue weighted by Crippen LogP contribution is 2.26. The summed E-state index contributed by atoms with van der Waals surface area (Å²) < 4.78 is 0.856. The quantitative estimate of drug-likeness (QED) is 0.651. The number of likely N-dealkylation sites (N-methyl/N-ethyl adjacent to an activating group) is 1. The molecule has 0 spiro atoms. The van der Waals surface area contributed by atoms with Gasteiger partial charge in [0.1, 0.15) is 5.84 Å². The van der Waals surface area contributed by atoms with Crippen molar-refractivity contribution in [3.05, 3.63) is 64.1 Å². The van der Waals surface area contributed by atoms with E-state index in [1.54, 1.807) is 0 Å². The molecule has 0 saturated heterocycles. The number of nitrogens with two attached hydrogens (primary N) is 1. The minimum absolute atomic E-state index is 0.0824. The van der Waals surface area contributed by atoms with E-state index in [2.05, 4.69) is 45.1 Å². The smallest absolute Gasteiger partial charge is 0.126 e.